The van der Waals surface area contributed by atoms with E-state index in [0.717, 1.165) is 18.7 Å². The maximum atomic E-state index is 11.3. The van der Waals surface area contributed by atoms with Crippen LogP contribution in [0.25, 0.3) is 0 Å². The van der Waals surface area contributed by atoms with Gasteiger partial charge in [-0.05, 0) is 28.9 Å². The molecule has 2 N–H and O–H groups in total. The molecule has 0 atom stereocenters. The van der Waals surface area contributed by atoms with E-state index >= 15 is 0 Å². The molecule has 0 aliphatic heterocycles. The quantitative estimate of drug-likeness (QED) is 0.748. The summed E-state index contributed by atoms with van der Waals surface area (Å²) >= 11 is 1.62. The highest BCUT2D eigenvalue weighted by molar-refractivity contribution is 7.07. The molecule has 15 heavy (non-hydrogen) atoms. The molecule has 0 aliphatic rings. The summed E-state index contributed by atoms with van der Waals surface area (Å²) < 4.78 is 0. The van der Waals surface area contributed by atoms with Crippen molar-refractivity contribution < 1.29 is 4.79 Å². The van der Waals surface area contributed by atoms with E-state index in [9.17, 15) is 4.79 Å². The van der Waals surface area contributed by atoms with Crippen molar-refractivity contribution in [3.05, 3.63) is 22.4 Å². The van der Waals surface area contributed by atoms with Crippen LogP contribution >= 0.6 is 23.7 Å². The average Bonchev–Trinajstić information content (AvgIpc) is 2.65. The Morgan fingerprint density at radius 3 is 2.87 bits per heavy atom. The largest absolute Gasteiger partial charge is 0.355 e. The molecule has 0 radical (unpaired) electrons. The minimum atomic E-state index is 0. The van der Waals surface area contributed by atoms with Gasteiger partial charge in [-0.2, -0.15) is 11.3 Å². The minimum absolute atomic E-state index is 0. The molecule has 0 saturated carbocycles. The van der Waals surface area contributed by atoms with E-state index in [1.807, 2.05) is 23.8 Å². The van der Waals surface area contributed by atoms with E-state index in [0.29, 0.717) is 13.0 Å². The van der Waals surface area contributed by atoms with Crippen LogP contribution in [0.1, 0.15) is 12.5 Å². The van der Waals surface area contributed by atoms with E-state index in [-0.39, 0.29) is 18.3 Å². The van der Waals surface area contributed by atoms with E-state index in [1.165, 1.54) is 0 Å². The minimum Gasteiger partial charge on any atom is -0.355 e. The van der Waals surface area contributed by atoms with Crippen LogP contribution in [-0.2, 0) is 11.2 Å². The normalized spacial score (nSPS) is 9.40. The molecule has 1 amide bonds. The third-order valence-corrected chi connectivity index (χ3v) is 2.55. The zero-order chi connectivity index (χ0) is 10.2. The topological polar surface area (TPSA) is 41.1 Å². The summed E-state index contributed by atoms with van der Waals surface area (Å²) in [5.41, 5.74) is 1.09. The summed E-state index contributed by atoms with van der Waals surface area (Å²) in [5, 5.41) is 10.00. The fourth-order valence-corrected chi connectivity index (χ4v) is 1.78. The summed E-state index contributed by atoms with van der Waals surface area (Å²) in [5.74, 6) is 0.0984. The molecule has 3 nitrogen and oxygen atoms in total. The lowest BCUT2D eigenvalue weighted by atomic mass is 10.2. The second-order valence-corrected chi connectivity index (χ2v) is 3.79. The third kappa shape index (κ3) is 6.49. The number of rotatable bonds is 6. The number of likely N-dealkylation sites (N-methyl/N-ethyl adjacent to an activating group) is 1. The Morgan fingerprint density at radius 2 is 2.27 bits per heavy atom. The van der Waals surface area contributed by atoms with Crippen molar-refractivity contribution in [2.75, 3.05) is 19.6 Å². The molecule has 86 valence electrons. The number of carbonyl (C=O) groups excluding carboxylic acids is 1. The predicted octanol–water partition coefficient (Wildman–Crippen LogP) is 1.44. The summed E-state index contributed by atoms with van der Waals surface area (Å²) in [4.78, 5) is 11.3. The van der Waals surface area contributed by atoms with Gasteiger partial charge in [0.05, 0.1) is 6.42 Å². The van der Waals surface area contributed by atoms with Crippen molar-refractivity contribution in [3.63, 3.8) is 0 Å². The Balaban J connectivity index is 0.00000196. The maximum Gasteiger partial charge on any atom is 0.224 e. The van der Waals surface area contributed by atoms with Gasteiger partial charge in [-0.1, -0.05) is 6.92 Å². The average molecular weight is 249 g/mol. The SMILES string of the molecule is CCNCCNC(=O)Cc1ccsc1.Cl. The second kappa shape index (κ2) is 8.71. The van der Waals surface area contributed by atoms with Crippen molar-refractivity contribution >= 4 is 29.7 Å². The Hall–Kier alpha value is -0.580. The number of thiophene rings is 1. The van der Waals surface area contributed by atoms with E-state index in [1.54, 1.807) is 11.3 Å². The highest BCUT2D eigenvalue weighted by Gasteiger charge is 2.01. The highest BCUT2D eigenvalue weighted by Crippen LogP contribution is 2.05. The van der Waals surface area contributed by atoms with Crippen molar-refractivity contribution in [3.8, 4) is 0 Å². The molecule has 0 unspecified atom stereocenters. The van der Waals surface area contributed by atoms with Gasteiger partial charge in [-0.25, -0.2) is 0 Å². The Labute approximate surface area is 101 Å². The van der Waals surface area contributed by atoms with E-state index < -0.39 is 0 Å². The monoisotopic (exact) mass is 248 g/mol. The Kier molecular flexibility index (Phi) is 8.37. The first-order valence-electron chi connectivity index (χ1n) is 4.81. The maximum absolute atomic E-state index is 11.3. The number of carbonyl (C=O) groups is 1. The molecule has 0 saturated heterocycles. The number of halogens is 1. The zero-order valence-electron chi connectivity index (χ0n) is 8.79. The van der Waals surface area contributed by atoms with Crippen molar-refractivity contribution in [2.24, 2.45) is 0 Å². The Bertz CT molecular complexity index is 264. The summed E-state index contributed by atoms with van der Waals surface area (Å²) in [6, 6.07) is 1.98. The lowest BCUT2D eigenvalue weighted by molar-refractivity contribution is -0.120. The van der Waals surface area contributed by atoms with Gasteiger partial charge in [0.25, 0.3) is 0 Å². The Morgan fingerprint density at radius 1 is 1.47 bits per heavy atom. The van der Waals surface area contributed by atoms with Crippen LogP contribution in [0.3, 0.4) is 0 Å². The highest BCUT2D eigenvalue weighted by atomic mass is 35.5. The molecule has 1 rings (SSSR count). The van der Waals surface area contributed by atoms with Gasteiger partial charge >= 0.3 is 0 Å². The lowest BCUT2D eigenvalue weighted by Gasteiger charge is -2.04. The molecule has 1 heterocycles. The van der Waals surface area contributed by atoms with Crippen LogP contribution in [0.15, 0.2) is 16.8 Å². The number of hydrogen-bond donors (Lipinski definition) is 2. The molecule has 0 spiro atoms. The van der Waals surface area contributed by atoms with Crippen molar-refractivity contribution in [1.29, 1.82) is 0 Å². The van der Waals surface area contributed by atoms with E-state index in [2.05, 4.69) is 10.6 Å². The standard InChI is InChI=1S/C10H16N2OS.ClH/c1-2-11-4-5-12-10(13)7-9-3-6-14-8-9;/h3,6,8,11H,2,4-5,7H2,1H3,(H,12,13);1H. The van der Waals surface area contributed by atoms with Crippen LogP contribution in [0.5, 0.6) is 0 Å². The third-order valence-electron chi connectivity index (χ3n) is 1.82. The summed E-state index contributed by atoms with van der Waals surface area (Å²) in [6.45, 7) is 4.54. The van der Waals surface area contributed by atoms with Crippen LogP contribution in [0.4, 0.5) is 0 Å². The second-order valence-electron chi connectivity index (χ2n) is 3.01. The van der Waals surface area contributed by atoms with Gasteiger partial charge in [-0.15, -0.1) is 12.4 Å². The van der Waals surface area contributed by atoms with Gasteiger partial charge < -0.3 is 10.6 Å². The van der Waals surface area contributed by atoms with Crippen LogP contribution in [0, 0.1) is 0 Å². The molecule has 5 heteroatoms. The molecule has 1 aromatic heterocycles. The first kappa shape index (κ1) is 14.4. The van der Waals surface area contributed by atoms with Gasteiger partial charge in [0, 0.05) is 13.1 Å². The van der Waals surface area contributed by atoms with Gasteiger partial charge in [-0.3, -0.25) is 4.79 Å². The zero-order valence-corrected chi connectivity index (χ0v) is 10.4. The molecule has 1 aromatic rings. The van der Waals surface area contributed by atoms with E-state index in [4.69, 9.17) is 0 Å². The first-order chi connectivity index (χ1) is 6.83. The van der Waals surface area contributed by atoms with Crippen LogP contribution in [-0.4, -0.2) is 25.5 Å². The van der Waals surface area contributed by atoms with Crippen LogP contribution in [0.2, 0.25) is 0 Å². The molecular formula is C10H17ClN2OS. The fraction of sp³-hybridized carbons (Fsp3) is 0.500. The smallest absolute Gasteiger partial charge is 0.224 e. The number of hydrogen-bond acceptors (Lipinski definition) is 3. The molecular weight excluding hydrogens is 232 g/mol. The first-order valence-corrected chi connectivity index (χ1v) is 5.75. The lowest BCUT2D eigenvalue weighted by Crippen LogP contribution is -2.32. The number of amides is 1. The van der Waals surface area contributed by atoms with Crippen LogP contribution < -0.4 is 10.6 Å². The summed E-state index contributed by atoms with van der Waals surface area (Å²) in [6.07, 6.45) is 0.496. The predicted molar refractivity (Wildman–Crippen MR) is 66.8 cm³/mol. The fourth-order valence-electron chi connectivity index (χ4n) is 1.11. The summed E-state index contributed by atoms with van der Waals surface area (Å²) in [7, 11) is 0. The van der Waals surface area contributed by atoms with Crippen molar-refractivity contribution in [1.82, 2.24) is 10.6 Å². The van der Waals surface area contributed by atoms with Gasteiger partial charge in [0.2, 0.25) is 5.91 Å². The van der Waals surface area contributed by atoms with Gasteiger partial charge in [0.15, 0.2) is 0 Å². The van der Waals surface area contributed by atoms with Gasteiger partial charge in [0.1, 0.15) is 0 Å². The van der Waals surface area contributed by atoms with Crippen molar-refractivity contribution in [2.45, 2.75) is 13.3 Å². The molecule has 0 aliphatic carbocycles. The number of nitrogens with one attached hydrogen (secondary N) is 2. The molecule has 0 aromatic carbocycles. The molecule has 0 bridgehead atoms. The molecule has 0 fully saturated rings.